The molecule has 0 amide bonds. The third-order valence-electron chi connectivity index (χ3n) is 3.29. The van der Waals surface area contributed by atoms with Gasteiger partial charge < -0.3 is 10.1 Å². The molecule has 2 nitrogen and oxygen atoms in total. The molecule has 18 heavy (non-hydrogen) atoms. The van der Waals surface area contributed by atoms with Crippen LogP contribution in [0.5, 0.6) is 5.75 Å². The van der Waals surface area contributed by atoms with Gasteiger partial charge in [0.25, 0.3) is 0 Å². The van der Waals surface area contributed by atoms with E-state index in [1.54, 1.807) is 6.07 Å². The molecule has 4 heteroatoms. The summed E-state index contributed by atoms with van der Waals surface area (Å²) in [4.78, 5) is 0. The van der Waals surface area contributed by atoms with E-state index in [2.05, 4.69) is 5.32 Å². The molecule has 0 spiro atoms. The van der Waals surface area contributed by atoms with Crippen LogP contribution in [0.1, 0.15) is 37.7 Å². The first kappa shape index (κ1) is 14.0. The van der Waals surface area contributed by atoms with Crippen molar-refractivity contribution in [1.82, 2.24) is 5.32 Å². The maximum absolute atomic E-state index is 6.25. The van der Waals surface area contributed by atoms with E-state index in [1.807, 2.05) is 13.1 Å². The predicted molar refractivity (Wildman–Crippen MR) is 76.7 cm³/mol. The van der Waals surface area contributed by atoms with Crippen molar-refractivity contribution < 1.29 is 4.74 Å². The van der Waals surface area contributed by atoms with Gasteiger partial charge in [0.15, 0.2) is 0 Å². The second kappa shape index (κ2) is 6.65. The highest BCUT2D eigenvalue weighted by Gasteiger charge is 2.18. The van der Waals surface area contributed by atoms with E-state index in [0.29, 0.717) is 22.7 Å². The third-order valence-corrected chi connectivity index (χ3v) is 3.79. The third kappa shape index (κ3) is 3.53. The summed E-state index contributed by atoms with van der Waals surface area (Å²) in [7, 11) is 1.90. The van der Waals surface area contributed by atoms with E-state index in [4.69, 9.17) is 27.9 Å². The second-order valence-corrected chi connectivity index (χ2v) is 5.63. The highest BCUT2D eigenvalue weighted by atomic mass is 35.5. The monoisotopic (exact) mass is 287 g/mol. The average molecular weight is 288 g/mol. The summed E-state index contributed by atoms with van der Waals surface area (Å²) in [5.41, 5.74) is 1.03. The Morgan fingerprint density at radius 3 is 2.61 bits per heavy atom. The molecule has 1 N–H and O–H groups in total. The number of hydrogen-bond donors (Lipinski definition) is 1. The highest BCUT2D eigenvalue weighted by molar-refractivity contribution is 6.35. The molecule has 1 aromatic carbocycles. The lowest BCUT2D eigenvalue weighted by atomic mass is 9.97. The minimum Gasteiger partial charge on any atom is -0.489 e. The molecule has 1 aromatic rings. The maximum atomic E-state index is 6.25. The highest BCUT2D eigenvalue weighted by Crippen LogP contribution is 2.35. The van der Waals surface area contributed by atoms with Gasteiger partial charge in [-0.05, 0) is 44.9 Å². The van der Waals surface area contributed by atoms with Crippen LogP contribution in [0.2, 0.25) is 10.0 Å². The molecule has 0 radical (unpaired) electrons. The summed E-state index contributed by atoms with van der Waals surface area (Å²) < 4.78 is 6.09. The van der Waals surface area contributed by atoms with Gasteiger partial charge in [0.05, 0.1) is 11.1 Å². The molecule has 0 heterocycles. The molecule has 0 bridgehead atoms. The van der Waals surface area contributed by atoms with Crippen LogP contribution in [0.4, 0.5) is 0 Å². The fourth-order valence-corrected chi connectivity index (χ4v) is 3.00. The zero-order chi connectivity index (χ0) is 13.0. The van der Waals surface area contributed by atoms with Gasteiger partial charge in [0.1, 0.15) is 5.75 Å². The van der Waals surface area contributed by atoms with Crippen molar-refractivity contribution in [1.29, 1.82) is 0 Å². The van der Waals surface area contributed by atoms with Gasteiger partial charge in [0.2, 0.25) is 0 Å². The van der Waals surface area contributed by atoms with Crippen LogP contribution in [0.25, 0.3) is 0 Å². The minimum atomic E-state index is 0.299. The number of benzene rings is 1. The summed E-state index contributed by atoms with van der Waals surface area (Å²) in [6.07, 6.45) is 6.36. The Hall–Kier alpha value is -0.440. The molecule has 0 saturated heterocycles. The van der Waals surface area contributed by atoms with E-state index in [9.17, 15) is 0 Å². The van der Waals surface area contributed by atoms with Gasteiger partial charge in [0, 0.05) is 17.1 Å². The topological polar surface area (TPSA) is 21.3 Å². The predicted octanol–water partition coefficient (Wildman–Crippen LogP) is 4.42. The molecular weight excluding hydrogens is 269 g/mol. The summed E-state index contributed by atoms with van der Waals surface area (Å²) in [5.74, 6) is 0.794. The van der Waals surface area contributed by atoms with Crippen molar-refractivity contribution in [3.05, 3.63) is 27.7 Å². The van der Waals surface area contributed by atoms with Gasteiger partial charge in [-0.2, -0.15) is 0 Å². The average Bonchev–Trinajstić information content (AvgIpc) is 2.35. The summed E-state index contributed by atoms with van der Waals surface area (Å²) in [6, 6.07) is 3.67. The van der Waals surface area contributed by atoms with Crippen LogP contribution < -0.4 is 10.1 Å². The van der Waals surface area contributed by atoms with Crippen molar-refractivity contribution in [2.75, 3.05) is 7.05 Å². The lowest BCUT2D eigenvalue weighted by Crippen LogP contribution is -2.21. The molecule has 2 rings (SSSR count). The van der Waals surface area contributed by atoms with Crippen LogP contribution in [0.15, 0.2) is 12.1 Å². The van der Waals surface area contributed by atoms with Crippen molar-refractivity contribution in [2.24, 2.45) is 0 Å². The number of nitrogens with one attached hydrogen (secondary N) is 1. The molecule has 0 unspecified atom stereocenters. The Morgan fingerprint density at radius 1 is 1.22 bits per heavy atom. The number of rotatable bonds is 4. The van der Waals surface area contributed by atoms with Crippen LogP contribution >= 0.6 is 23.2 Å². The normalized spacial score (nSPS) is 16.8. The first-order chi connectivity index (χ1) is 8.70. The summed E-state index contributed by atoms with van der Waals surface area (Å²) >= 11 is 12.3. The van der Waals surface area contributed by atoms with Crippen LogP contribution in [-0.2, 0) is 6.54 Å². The molecule has 0 aromatic heterocycles. The van der Waals surface area contributed by atoms with E-state index < -0.39 is 0 Å². The molecule has 1 aliphatic carbocycles. The molecule has 1 aliphatic rings. The van der Waals surface area contributed by atoms with Crippen LogP contribution in [0.3, 0.4) is 0 Å². The SMILES string of the molecule is CNCc1cc(Cl)cc(Cl)c1OC1CCCCC1. The van der Waals surface area contributed by atoms with E-state index in [1.165, 1.54) is 19.3 Å². The van der Waals surface area contributed by atoms with E-state index in [0.717, 1.165) is 24.2 Å². The van der Waals surface area contributed by atoms with Gasteiger partial charge in [-0.1, -0.05) is 29.6 Å². The zero-order valence-electron chi connectivity index (χ0n) is 10.6. The van der Waals surface area contributed by atoms with Crippen LogP contribution in [0, 0.1) is 0 Å². The smallest absolute Gasteiger partial charge is 0.142 e. The zero-order valence-corrected chi connectivity index (χ0v) is 12.2. The Kier molecular flexibility index (Phi) is 5.16. The first-order valence-corrected chi connectivity index (χ1v) is 7.25. The van der Waals surface area contributed by atoms with Crippen molar-refractivity contribution in [3.8, 4) is 5.75 Å². The maximum Gasteiger partial charge on any atom is 0.142 e. The van der Waals surface area contributed by atoms with Gasteiger partial charge in [-0.3, -0.25) is 0 Å². The lowest BCUT2D eigenvalue weighted by molar-refractivity contribution is 0.153. The minimum absolute atomic E-state index is 0.299. The standard InChI is InChI=1S/C14H19Cl2NO/c1-17-9-10-7-11(15)8-13(16)14(10)18-12-5-3-2-4-6-12/h7-8,12,17H,2-6,9H2,1H3. The molecule has 1 fully saturated rings. The molecule has 100 valence electrons. The Labute approximate surface area is 119 Å². The van der Waals surface area contributed by atoms with Crippen LogP contribution in [-0.4, -0.2) is 13.2 Å². The van der Waals surface area contributed by atoms with Crippen molar-refractivity contribution in [3.63, 3.8) is 0 Å². The fraction of sp³-hybridized carbons (Fsp3) is 0.571. The molecular formula is C14H19Cl2NO. The van der Waals surface area contributed by atoms with Crippen molar-refractivity contribution in [2.45, 2.75) is 44.8 Å². The van der Waals surface area contributed by atoms with Gasteiger partial charge >= 0.3 is 0 Å². The molecule has 0 aliphatic heterocycles. The van der Waals surface area contributed by atoms with Gasteiger partial charge in [-0.15, -0.1) is 0 Å². The van der Waals surface area contributed by atoms with Crippen molar-refractivity contribution >= 4 is 23.2 Å². The molecule has 1 saturated carbocycles. The lowest BCUT2D eigenvalue weighted by Gasteiger charge is -2.25. The van der Waals surface area contributed by atoms with Gasteiger partial charge in [-0.25, -0.2) is 0 Å². The quantitative estimate of drug-likeness (QED) is 0.885. The molecule has 0 atom stereocenters. The second-order valence-electron chi connectivity index (χ2n) is 4.78. The summed E-state index contributed by atoms with van der Waals surface area (Å²) in [5, 5.41) is 4.38. The number of halogens is 2. The largest absolute Gasteiger partial charge is 0.489 e. The number of hydrogen-bond acceptors (Lipinski definition) is 2. The Balaban J connectivity index is 2.18. The fourth-order valence-electron chi connectivity index (χ4n) is 2.42. The Bertz CT molecular complexity index is 403. The Morgan fingerprint density at radius 2 is 1.94 bits per heavy atom. The summed E-state index contributed by atoms with van der Waals surface area (Å²) in [6.45, 7) is 0.711. The number of ether oxygens (including phenoxy) is 1. The van der Waals surface area contributed by atoms with E-state index in [-0.39, 0.29) is 0 Å². The first-order valence-electron chi connectivity index (χ1n) is 6.50. The van der Waals surface area contributed by atoms with E-state index >= 15 is 0 Å².